The Balaban J connectivity index is 1.39. The number of aliphatic hydroxyl groups is 1. The molecule has 4 nitrogen and oxygen atoms in total. The molecular weight excluding hydrogens is 424 g/mol. The summed E-state index contributed by atoms with van der Waals surface area (Å²) < 4.78 is 6.88. The lowest BCUT2D eigenvalue weighted by molar-refractivity contribution is 0.102. The first-order valence-electron chi connectivity index (χ1n) is 12.0. The monoisotopic (exact) mass is 458 g/mol. The normalized spacial score (nSPS) is 21.0. The minimum Gasteiger partial charge on any atom is -0.404 e. The van der Waals surface area contributed by atoms with Crippen LogP contribution in [-0.2, 0) is 4.43 Å². The first-order chi connectivity index (χ1) is 15.9. The molecule has 0 radical (unpaired) electrons. The third kappa shape index (κ3) is 4.25. The van der Waals surface area contributed by atoms with Crippen molar-refractivity contribution in [2.45, 2.75) is 38.3 Å². The van der Waals surface area contributed by atoms with E-state index in [1.54, 1.807) is 0 Å². The van der Waals surface area contributed by atoms with Crippen molar-refractivity contribution < 1.29 is 9.53 Å². The minimum atomic E-state index is -2.67. The van der Waals surface area contributed by atoms with Crippen LogP contribution in [0.15, 0.2) is 79.0 Å². The quantitative estimate of drug-likeness (QED) is 0.541. The Morgan fingerprint density at radius 1 is 0.939 bits per heavy atom. The first-order valence-corrected chi connectivity index (χ1v) is 13.9. The topological polar surface area (TPSA) is 45.6 Å². The van der Waals surface area contributed by atoms with Crippen LogP contribution in [0.1, 0.15) is 38.9 Å². The number of hydrogen-bond donors (Lipinski definition) is 1. The van der Waals surface area contributed by atoms with Crippen molar-refractivity contribution in [2.24, 2.45) is 11.8 Å². The van der Waals surface area contributed by atoms with E-state index in [-0.39, 0.29) is 11.6 Å². The average Bonchev–Trinajstić information content (AvgIpc) is 3.44. The summed E-state index contributed by atoms with van der Waals surface area (Å²) in [5, 5.41) is 13.4. The maximum Gasteiger partial charge on any atom is 0.261 e. The van der Waals surface area contributed by atoms with Gasteiger partial charge in [0.05, 0.1) is 6.61 Å². The third-order valence-electron chi connectivity index (χ3n) is 7.33. The molecule has 1 saturated carbocycles. The number of piperidine rings is 1. The molecule has 5 rings (SSSR count). The van der Waals surface area contributed by atoms with Crippen LogP contribution >= 0.6 is 0 Å². The van der Waals surface area contributed by atoms with Crippen LogP contribution in [0.5, 0.6) is 0 Å². The zero-order chi connectivity index (χ0) is 23.1. The molecule has 3 unspecified atom stereocenters. The number of anilines is 1. The average molecular weight is 459 g/mol. The zero-order valence-corrected chi connectivity index (χ0v) is 20.8. The summed E-state index contributed by atoms with van der Waals surface area (Å²) in [5.74, 6) is 2.76. The predicted octanol–water partition coefficient (Wildman–Crippen LogP) is 4.15. The molecule has 3 atom stereocenters. The molecule has 1 aromatic heterocycles. The van der Waals surface area contributed by atoms with E-state index < -0.39 is 14.4 Å². The first kappa shape index (κ1) is 22.3. The second-order valence-corrected chi connectivity index (χ2v) is 14.9. The molecule has 2 aromatic carbocycles. The minimum absolute atomic E-state index is 0.117. The van der Waals surface area contributed by atoms with Crippen molar-refractivity contribution in [2.75, 3.05) is 24.6 Å². The summed E-state index contributed by atoms with van der Waals surface area (Å²) in [6.07, 6.45) is 2.48. The molecule has 0 amide bonds. The number of nitrogens with zero attached hydrogens (tertiary/aromatic N) is 2. The Labute approximate surface area is 198 Å². The molecule has 1 aliphatic heterocycles. The molecule has 2 fully saturated rings. The van der Waals surface area contributed by atoms with Crippen molar-refractivity contribution >= 4 is 24.5 Å². The number of rotatable bonds is 7. The fourth-order valence-corrected chi connectivity index (χ4v) is 9.99. The fraction of sp³-hybridized carbons (Fsp3) is 0.393. The van der Waals surface area contributed by atoms with E-state index in [2.05, 4.69) is 79.2 Å². The summed E-state index contributed by atoms with van der Waals surface area (Å²) in [6, 6.07) is 25.2. The SMILES string of the molecule is CC(C)(C)[Si](OCC(O)c1ccc(N2CC3CC3C2)nc1)(c1ccccc1)c1ccccc1. The molecule has 2 aliphatic rings. The summed E-state index contributed by atoms with van der Waals surface area (Å²) in [7, 11) is -2.67. The van der Waals surface area contributed by atoms with Gasteiger partial charge in [-0.15, -0.1) is 0 Å². The van der Waals surface area contributed by atoms with Gasteiger partial charge in [-0.1, -0.05) is 87.5 Å². The highest BCUT2D eigenvalue weighted by molar-refractivity contribution is 6.99. The Morgan fingerprint density at radius 3 is 2.00 bits per heavy atom. The van der Waals surface area contributed by atoms with Gasteiger partial charge in [0.2, 0.25) is 0 Å². The number of aliphatic hydroxyl groups excluding tert-OH is 1. The molecule has 1 N–H and O–H groups in total. The number of fused-ring (bicyclic) bond motifs is 1. The highest BCUT2D eigenvalue weighted by Gasteiger charge is 2.50. The maximum absolute atomic E-state index is 11.1. The van der Waals surface area contributed by atoms with Crippen molar-refractivity contribution in [1.29, 1.82) is 0 Å². The predicted molar refractivity (Wildman–Crippen MR) is 137 cm³/mol. The van der Waals surface area contributed by atoms with Crippen molar-refractivity contribution in [3.8, 4) is 0 Å². The Bertz CT molecular complexity index is 1020. The number of benzene rings is 2. The highest BCUT2D eigenvalue weighted by Crippen LogP contribution is 2.46. The van der Waals surface area contributed by atoms with Crippen LogP contribution in [0, 0.1) is 11.8 Å². The second kappa shape index (κ2) is 8.71. The van der Waals surface area contributed by atoms with Crippen LogP contribution in [0.25, 0.3) is 0 Å². The Morgan fingerprint density at radius 2 is 1.52 bits per heavy atom. The number of pyridine rings is 1. The molecule has 3 aromatic rings. The molecule has 5 heteroatoms. The van der Waals surface area contributed by atoms with E-state index in [4.69, 9.17) is 4.43 Å². The van der Waals surface area contributed by atoms with Crippen molar-refractivity contribution in [1.82, 2.24) is 4.98 Å². The lowest BCUT2D eigenvalue weighted by Crippen LogP contribution is -2.66. The van der Waals surface area contributed by atoms with Gasteiger partial charge in [-0.25, -0.2) is 4.98 Å². The van der Waals surface area contributed by atoms with Gasteiger partial charge in [0.1, 0.15) is 11.9 Å². The van der Waals surface area contributed by atoms with E-state index in [0.29, 0.717) is 0 Å². The lowest BCUT2D eigenvalue weighted by atomic mass is 10.2. The smallest absolute Gasteiger partial charge is 0.261 e. The molecule has 1 saturated heterocycles. The van der Waals surface area contributed by atoms with Crippen LogP contribution in [-0.4, -0.2) is 38.1 Å². The van der Waals surface area contributed by atoms with E-state index in [1.165, 1.54) is 16.8 Å². The molecule has 1 aliphatic carbocycles. The molecular formula is C28H34N2O2Si. The van der Waals surface area contributed by atoms with Gasteiger partial charge in [-0.3, -0.25) is 0 Å². The largest absolute Gasteiger partial charge is 0.404 e. The standard InChI is InChI=1S/C28H34N2O2Si/c1-28(2,3)33(24-10-6-4-7-11-24,25-12-8-5-9-13-25)32-20-26(31)21-14-15-27(29-17-21)30-18-22-16-23(22)19-30/h4-15,17,22-23,26,31H,16,18-20H2,1-3H3. The third-order valence-corrected chi connectivity index (χ3v) is 12.3. The summed E-state index contributed by atoms with van der Waals surface area (Å²) in [5.41, 5.74) is 0.807. The lowest BCUT2D eigenvalue weighted by Gasteiger charge is -2.43. The molecule has 33 heavy (non-hydrogen) atoms. The highest BCUT2D eigenvalue weighted by atomic mass is 28.4. The maximum atomic E-state index is 11.1. The van der Waals surface area contributed by atoms with Gasteiger partial charge in [0.25, 0.3) is 8.32 Å². The van der Waals surface area contributed by atoms with E-state index in [0.717, 1.165) is 36.3 Å². The van der Waals surface area contributed by atoms with Crippen LogP contribution < -0.4 is 15.3 Å². The summed E-state index contributed by atoms with van der Waals surface area (Å²) in [6.45, 7) is 9.24. The van der Waals surface area contributed by atoms with Crippen LogP contribution in [0.4, 0.5) is 5.82 Å². The van der Waals surface area contributed by atoms with Gasteiger partial charge in [-0.2, -0.15) is 0 Å². The van der Waals surface area contributed by atoms with Gasteiger partial charge < -0.3 is 14.4 Å². The second-order valence-electron chi connectivity index (χ2n) is 10.6. The van der Waals surface area contributed by atoms with Gasteiger partial charge >= 0.3 is 0 Å². The van der Waals surface area contributed by atoms with Crippen LogP contribution in [0.3, 0.4) is 0 Å². The van der Waals surface area contributed by atoms with Gasteiger partial charge in [0, 0.05) is 24.8 Å². The van der Waals surface area contributed by atoms with Crippen molar-refractivity contribution in [3.05, 3.63) is 84.6 Å². The Hall–Kier alpha value is -2.47. The van der Waals surface area contributed by atoms with Gasteiger partial charge in [0.15, 0.2) is 0 Å². The van der Waals surface area contributed by atoms with E-state index in [1.807, 2.05) is 30.5 Å². The zero-order valence-electron chi connectivity index (χ0n) is 19.8. The van der Waals surface area contributed by atoms with E-state index >= 15 is 0 Å². The number of aromatic nitrogens is 1. The number of hydrogen-bond acceptors (Lipinski definition) is 4. The van der Waals surface area contributed by atoms with Gasteiger partial charge in [-0.05, 0) is 39.7 Å². The molecule has 172 valence electrons. The molecule has 2 heterocycles. The summed E-state index contributed by atoms with van der Waals surface area (Å²) >= 11 is 0. The van der Waals surface area contributed by atoms with Crippen LogP contribution in [0.2, 0.25) is 5.04 Å². The fourth-order valence-electron chi connectivity index (χ4n) is 5.43. The summed E-state index contributed by atoms with van der Waals surface area (Å²) in [4.78, 5) is 7.04. The van der Waals surface area contributed by atoms with Crippen molar-refractivity contribution in [3.63, 3.8) is 0 Å². The Kier molecular flexibility index (Phi) is 5.89. The molecule has 0 spiro atoms. The molecule has 0 bridgehead atoms. The van der Waals surface area contributed by atoms with E-state index in [9.17, 15) is 5.11 Å².